The number of nitrogens with two attached hydrogens (primary N) is 1. The fourth-order valence-corrected chi connectivity index (χ4v) is 0.985. The highest BCUT2D eigenvalue weighted by Crippen LogP contribution is 2.30. The van der Waals surface area contributed by atoms with E-state index in [-0.39, 0.29) is 18.0 Å². The van der Waals surface area contributed by atoms with Gasteiger partial charge in [0.15, 0.2) is 0 Å². The largest absolute Gasteiger partial charge is 0.407 e. The van der Waals surface area contributed by atoms with E-state index >= 15 is 0 Å². The third kappa shape index (κ3) is 3.36. The second-order valence-electron chi connectivity index (χ2n) is 2.57. The first-order valence-corrected chi connectivity index (χ1v) is 3.87. The van der Waals surface area contributed by atoms with Gasteiger partial charge < -0.3 is 5.73 Å². The fraction of sp³-hybridized carbons (Fsp3) is 0.250. The summed E-state index contributed by atoms with van der Waals surface area (Å²) in [5.41, 5.74) is 4.97. The summed E-state index contributed by atoms with van der Waals surface area (Å²) in [4.78, 5) is 0. The third-order valence-electron chi connectivity index (χ3n) is 1.58. The van der Waals surface area contributed by atoms with Crippen molar-refractivity contribution in [3.8, 4) is 0 Å². The molecule has 0 saturated heterocycles. The molecule has 1 aromatic carbocycles. The van der Waals surface area contributed by atoms with E-state index in [4.69, 9.17) is 17.3 Å². The predicted octanol–water partition coefficient (Wildman–Crippen LogP) is 3.32. The maximum absolute atomic E-state index is 12.1. The van der Waals surface area contributed by atoms with Gasteiger partial charge in [0.1, 0.15) is 6.04 Å². The van der Waals surface area contributed by atoms with E-state index in [9.17, 15) is 13.2 Å². The van der Waals surface area contributed by atoms with Crippen LogP contribution in [0.3, 0.4) is 0 Å². The van der Waals surface area contributed by atoms with Gasteiger partial charge in [-0.25, -0.2) is 0 Å². The third-order valence-corrected chi connectivity index (χ3v) is 1.83. The van der Waals surface area contributed by atoms with Crippen molar-refractivity contribution in [2.45, 2.75) is 12.2 Å². The quantitative estimate of drug-likeness (QED) is 0.808. The first-order chi connectivity index (χ1) is 5.91. The Morgan fingerprint density at radius 3 is 1.93 bits per heavy atom. The summed E-state index contributed by atoms with van der Waals surface area (Å²) in [6.45, 7) is 0. The molecule has 2 N–H and O–H groups in total. The van der Waals surface area contributed by atoms with Gasteiger partial charge in [0.05, 0.1) is 0 Å². The highest BCUT2D eigenvalue weighted by Gasteiger charge is 2.37. The van der Waals surface area contributed by atoms with Crippen molar-refractivity contribution in [1.82, 2.24) is 0 Å². The van der Waals surface area contributed by atoms with Crippen LogP contribution >= 0.6 is 24.0 Å². The standard InChI is InChI=1S/C8H7ClF3N.ClH/c9-6-3-1-5(2-4-6)7(13)8(10,11)12;/h1-4,7H,13H2;1H/t7-;/m1./s1. The Morgan fingerprint density at radius 1 is 1.14 bits per heavy atom. The van der Waals surface area contributed by atoms with Crippen molar-refractivity contribution in [2.24, 2.45) is 5.73 Å². The zero-order valence-electron chi connectivity index (χ0n) is 6.88. The van der Waals surface area contributed by atoms with Gasteiger partial charge in [-0.05, 0) is 17.7 Å². The minimum absolute atomic E-state index is 0. The Morgan fingerprint density at radius 2 is 1.57 bits per heavy atom. The molecule has 0 amide bonds. The van der Waals surface area contributed by atoms with Crippen LogP contribution in [-0.2, 0) is 0 Å². The lowest BCUT2D eigenvalue weighted by molar-refractivity contribution is -0.149. The molecule has 0 bridgehead atoms. The van der Waals surface area contributed by atoms with Crippen LogP contribution < -0.4 is 5.73 Å². The highest BCUT2D eigenvalue weighted by atomic mass is 35.5. The Balaban J connectivity index is 0.00000169. The first kappa shape index (κ1) is 13.5. The zero-order chi connectivity index (χ0) is 10.1. The molecule has 14 heavy (non-hydrogen) atoms. The van der Waals surface area contributed by atoms with E-state index in [1.165, 1.54) is 24.3 Å². The number of halogens is 5. The molecular formula is C8H8Cl2F3N. The molecule has 0 aliphatic carbocycles. The second-order valence-corrected chi connectivity index (χ2v) is 3.01. The van der Waals surface area contributed by atoms with Crippen LogP contribution in [0.5, 0.6) is 0 Å². The number of rotatable bonds is 1. The van der Waals surface area contributed by atoms with Crippen LogP contribution in [0.4, 0.5) is 13.2 Å². The van der Waals surface area contributed by atoms with Gasteiger partial charge >= 0.3 is 6.18 Å². The maximum Gasteiger partial charge on any atom is 0.407 e. The molecular weight excluding hydrogens is 238 g/mol. The van der Waals surface area contributed by atoms with Crippen LogP contribution in [0.25, 0.3) is 0 Å². The van der Waals surface area contributed by atoms with Gasteiger partial charge in [-0.15, -0.1) is 12.4 Å². The molecule has 0 fully saturated rings. The van der Waals surface area contributed by atoms with Crippen LogP contribution in [0.1, 0.15) is 11.6 Å². The van der Waals surface area contributed by atoms with E-state index in [2.05, 4.69) is 0 Å². The molecule has 80 valence electrons. The van der Waals surface area contributed by atoms with Crippen molar-refractivity contribution in [2.75, 3.05) is 0 Å². The predicted molar refractivity (Wildman–Crippen MR) is 51.7 cm³/mol. The minimum Gasteiger partial charge on any atom is -0.316 e. The SMILES string of the molecule is Cl.N[C@H](c1ccc(Cl)cc1)C(F)(F)F. The molecule has 0 spiro atoms. The van der Waals surface area contributed by atoms with Gasteiger partial charge in [0, 0.05) is 5.02 Å². The second kappa shape index (κ2) is 4.87. The maximum atomic E-state index is 12.1. The lowest BCUT2D eigenvalue weighted by Crippen LogP contribution is -2.28. The Labute approximate surface area is 90.5 Å². The Kier molecular flexibility index (Phi) is 4.71. The van der Waals surface area contributed by atoms with E-state index < -0.39 is 12.2 Å². The topological polar surface area (TPSA) is 26.0 Å². The minimum atomic E-state index is -4.41. The molecule has 1 rings (SSSR count). The van der Waals surface area contributed by atoms with Crippen LogP contribution in [-0.4, -0.2) is 6.18 Å². The molecule has 6 heteroatoms. The van der Waals surface area contributed by atoms with Gasteiger partial charge in [0.2, 0.25) is 0 Å². The van der Waals surface area contributed by atoms with E-state index in [1.54, 1.807) is 0 Å². The van der Waals surface area contributed by atoms with Crippen molar-refractivity contribution >= 4 is 24.0 Å². The zero-order valence-corrected chi connectivity index (χ0v) is 8.46. The molecule has 0 radical (unpaired) electrons. The Bertz CT molecular complexity index is 284. The molecule has 0 heterocycles. The van der Waals surface area contributed by atoms with Crippen molar-refractivity contribution in [1.29, 1.82) is 0 Å². The molecule has 1 atom stereocenters. The summed E-state index contributed by atoms with van der Waals surface area (Å²) in [6, 6.07) is 3.34. The Hall–Kier alpha value is -0.450. The molecule has 1 nitrogen and oxygen atoms in total. The summed E-state index contributed by atoms with van der Waals surface area (Å²) in [5.74, 6) is 0. The summed E-state index contributed by atoms with van der Waals surface area (Å²) in [7, 11) is 0. The average molecular weight is 246 g/mol. The number of benzene rings is 1. The normalized spacial score (nSPS) is 13.2. The van der Waals surface area contributed by atoms with E-state index in [0.29, 0.717) is 5.02 Å². The lowest BCUT2D eigenvalue weighted by Gasteiger charge is -2.15. The fourth-order valence-electron chi connectivity index (χ4n) is 0.859. The van der Waals surface area contributed by atoms with Crippen LogP contribution in [0.2, 0.25) is 5.02 Å². The van der Waals surface area contributed by atoms with Crippen LogP contribution in [0, 0.1) is 0 Å². The molecule has 1 aromatic rings. The molecule has 0 aromatic heterocycles. The first-order valence-electron chi connectivity index (χ1n) is 3.49. The number of alkyl halides is 3. The van der Waals surface area contributed by atoms with Crippen LogP contribution in [0.15, 0.2) is 24.3 Å². The number of hydrogen-bond acceptors (Lipinski definition) is 1. The number of hydrogen-bond donors (Lipinski definition) is 1. The highest BCUT2D eigenvalue weighted by molar-refractivity contribution is 6.30. The lowest BCUT2D eigenvalue weighted by atomic mass is 10.1. The van der Waals surface area contributed by atoms with Gasteiger partial charge in [-0.1, -0.05) is 23.7 Å². The molecule has 0 aliphatic rings. The summed E-state index contributed by atoms with van der Waals surface area (Å²) < 4.78 is 36.2. The monoisotopic (exact) mass is 245 g/mol. The molecule has 0 saturated carbocycles. The van der Waals surface area contributed by atoms with Crippen molar-refractivity contribution in [3.63, 3.8) is 0 Å². The van der Waals surface area contributed by atoms with Gasteiger partial charge in [-0.3, -0.25) is 0 Å². The summed E-state index contributed by atoms with van der Waals surface area (Å²) in [6.07, 6.45) is -4.41. The van der Waals surface area contributed by atoms with Gasteiger partial charge in [0.25, 0.3) is 0 Å². The van der Waals surface area contributed by atoms with Crippen molar-refractivity contribution < 1.29 is 13.2 Å². The molecule has 0 aliphatic heterocycles. The summed E-state index contributed by atoms with van der Waals surface area (Å²) >= 11 is 5.51. The van der Waals surface area contributed by atoms with Gasteiger partial charge in [-0.2, -0.15) is 13.2 Å². The summed E-state index contributed by atoms with van der Waals surface area (Å²) in [5, 5.41) is 0.387. The van der Waals surface area contributed by atoms with Crippen molar-refractivity contribution in [3.05, 3.63) is 34.9 Å². The molecule has 0 unspecified atom stereocenters. The average Bonchev–Trinajstić information content (AvgIpc) is 2.03. The van der Waals surface area contributed by atoms with E-state index in [1.807, 2.05) is 0 Å². The smallest absolute Gasteiger partial charge is 0.316 e. The van der Waals surface area contributed by atoms with E-state index in [0.717, 1.165) is 0 Å².